The van der Waals surface area contributed by atoms with Gasteiger partial charge in [-0.1, -0.05) is 109 Å². The summed E-state index contributed by atoms with van der Waals surface area (Å²) in [4.78, 5) is 24.2. The second kappa shape index (κ2) is 15.7. The van der Waals surface area contributed by atoms with Gasteiger partial charge in [0.05, 0.1) is 0 Å². The van der Waals surface area contributed by atoms with Crippen LogP contribution in [0.25, 0.3) is 0 Å². The normalized spacial score (nSPS) is 9.72. The lowest BCUT2D eigenvalue weighted by molar-refractivity contribution is 0.103. The summed E-state index contributed by atoms with van der Waals surface area (Å²) in [5, 5.41) is 0. The molecule has 0 heterocycles. The number of ketones is 2. The van der Waals surface area contributed by atoms with Gasteiger partial charge in [0, 0.05) is 22.3 Å². The first-order valence-electron chi connectivity index (χ1n) is 11.9. The highest BCUT2D eigenvalue weighted by molar-refractivity contribution is 6.09. The molecule has 36 heavy (non-hydrogen) atoms. The number of hydrogen-bond donors (Lipinski definition) is 2. The molecule has 4 heteroatoms. The molecule has 0 saturated carbocycles. The third-order valence-electron chi connectivity index (χ3n) is 5.37. The molecule has 184 valence electrons. The molecule has 0 radical (unpaired) electrons. The van der Waals surface area contributed by atoms with Crippen molar-refractivity contribution in [3.63, 3.8) is 0 Å². The SMILES string of the molecule is C=C.NCCc1ccc(C(=O)c2ccccc2)cc1.NCCc1ccc(C(=O)c2ccccc2)cc1. The fourth-order valence-electron chi connectivity index (χ4n) is 3.49. The summed E-state index contributed by atoms with van der Waals surface area (Å²) in [6, 6.07) is 33.9. The Morgan fingerprint density at radius 1 is 0.472 bits per heavy atom. The summed E-state index contributed by atoms with van der Waals surface area (Å²) >= 11 is 0. The zero-order valence-corrected chi connectivity index (χ0v) is 20.6. The van der Waals surface area contributed by atoms with E-state index in [1.807, 2.05) is 109 Å². The van der Waals surface area contributed by atoms with Crippen LogP contribution in [0.1, 0.15) is 43.0 Å². The summed E-state index contributed by atoms with van der Waals surface area (Å²) in [5.41, 5.74) is 16.2. The third kappa shape index (κ3) is 8.58. The topological polar surface area (TPSA) is 86.2 Å². The monoisotopic (exact) mass is 478 g/mol. The van der Waals surface area contributed by atoms with E-state index < -0.39 is 0 Å². The van der Waals surface area contributed by atoms with E-state index >= 15 is 0 Å². The molecule has 0 aliphatic rings. The van der Waals surface area contributed by atoms with Gasteiger partial charge in [0.2, 0.25) is 0 Å². The van der Waals surface area contributed by atoms with Crippen molar-refractivity contribution in [2.75, 3.05) is 13.1 Å². The molecule has 0 aliphatic carbocycles. The molecule has 4 aromatic carbocycles. The van der Waals surface area contributed by atoms with E-state index in [0.29, 0.717) is 13.1 Å². The van der Waals surface area contributed by atoms with E-state index in [1.165, 1.54) is 0 Å². The van der Waals surface area contributed by atoms with Gasteiger partial charge in [0.15, 0.2) is 11.6 Å². The van der Waals surface area contributed by atoms with Gasteiger partial charge in [-0.3, -0.25) is 9.59 Å². The first kappa shape index (κ1) is 28.1. The summed E-state index contributed by atoms with van der Waals surface area (Å²) < 4.78 is 0. The molecule has 4 N–H and O–H groups in total. The molecular formula is C32H34N2O2. The Morgan fingerprint density at radius 2 is 0.750 bits per heavy atom. The maximum Gasteiger partial charge on any atom is 0.193 e. The van der Waals surface area contributed by atoms with E-state index in [2.05, 4.69) is 13.2 Å². The standard InChI is InChI=1S/2C15H15NO.C2H4/c2*16-11-10-12-6-8-14(9-7-12)15(17)13-4-2-1-3-5-13;1-2/h2*1-9H,10-11,16H2;1-2H2. The van der Waals surface area contributed by atoms with Crippen LogP contribution >= 0.6 is 0 Å². The highest BCUT2D eigenvalue weighted by Gasteiger charge is 2.08. The average molecular weight is 479 g/mol. The van der Waals surface area contributed by atoms with Crippen LogP contribution in [0.15, 0.2) is 122 Å². The lowest BCUT2D eigenvalue weighted by atomic mass is 10.0. The highest BCUT2D eigenvalue weighted by atomic mass is 16.1. The molecule has 4 nitrogen and oxygen atoms in total. The van der Waals surface area contributed by atoms with Crippen LogP contribution in [-0.4, -0.2) is 24.7 Å². The smallest absolute Gasteiger partial charge is 0.193 e. The maximum absolute atomic E-state index is 12.1. The minimum atomic E-state index is 0.0601. The minimum absolute atomic E-state index is 0.0601. The molecule has 4 aromatic rings. The molecule has 0 aliphatic heterocycles. The van der Waals surface area contributed by atoms with Crippen molar-refractivity contribution in [3.05, 3.63) is 156 Å². The van der Waals surface area contributed by atoms with Crippen LogP contribution in [0, 0.1) is 0 Å². The van der Waals surface area contributed by atoms with Crippen LogP contribution in [0.2, 0.25) is 0 Å². The van der Waals surface area contributed by atoms with Gasteiger partial charge in [-0.05, 0) is 37.1 Å². The van der Waals surface area contributed by atoms with E-state index in [-0.39, 0.29) is 11.6 Å². The predicted molar refractivity (Wildman–Crippen MR) is 149 cm³/mol. The maximum atomic E-state index is 12.1. The number of carbonyl (C=O) groups is 2. The Bertz CT molecular complexity index is 1090. The Kier molecular flexibility index (Phi) is 12.3. The molecule has 0 amide bonds. The average Bonchev–Trinajstić information content (AvgIpc) is 2.96. The molecule has 0 bridgehead atoms. The van der Waals surface area contributed by atoms with Crippen molar-refractivity contribution in [1.82, 2.24) is 0 Å². The van der Waals surface area contributed by atoms with Crippen LogP contribution in [-0.2, 0) is 12.8 Å². The quantitative estimate of drug-likeness (QED) is 0.253. The van der Waals surface area contributed by atoms with Crippen LogP contribution in [0.3, 0.4) is 0 Å². The lowest BCUT2D eigenvalue weighted by Crippen LogP contribution is -2.04. The number of benzene rings is 4. The van der Waals surface area contributed by atoms with Crippen molar-refractivity contribution in [2.45, 2.75) is 12.8 Å². The first-order valence-corrected chi connectivity index (χ1v) is 11.9. The van der Waals surface area contributed by atoms with Crippen molar-refractivity contribution in [2.24, 2.45) is 11.5 Å². The Hall–Kier alpha value is -4.12. The fraction of sp³-hybridized carbons (Fsp3) is 0.125. The van der Waals surface area contributed by atoms with E-state index in [0.717, 1.165) is 46.2 Å². The van der Waals surface area contributed by atoms with Gasteiger partial charge in [-0.2, -0.15) is 0 Å². The van der Waals surface area contributed by atoms with E-state index in [4.69, 9.17) is 11.5 Å². The Labute approximate surface area is 214 Å². The number of hydrogen-bond acceptors (Lipinski definition) is 4. The second-order valence-electron chi connectivity index (χ2n) is 7.86. The van der Waals surface area contributed by atoms with Crippen molar-refractivity contribution in [3.8, 4) is 0 Å². The number of nitrogens with two attached hydrogens (primary N) is 2. The summed E-state index contributed by atoms with van der Waals surface area (Å²) in [7, 11) is 0. The zero-order chi connectivity index (χ0) is 26.2. The highest BCUT2D eigenvalue weighted by Crippen LogP contribution is 2.12. The first-order chi connectivity index (χ1) is 17.6. The lowest BCUT2D eigenvalue weighted by Gasteiger charge is -2.03. The molecule has 0 saturated heterocycles. The van der Waals surface area contributed by atoms with Gasteiger partial charge in [0.1, 0.15) is 0 Å². The summed E-state index contributed by atoms with van der Waals surface area (Å²) in [5.74, 6) is 0.120. The number of rotatable bonds is 8. The molecule has 0 aromatic heterocycles. The Balaban J connectivity index is 0.000000237. The van der Waals surface area contributed by atoms with Crippen molar-refractivity contribution < 1.29 is 9.59 Å². The zero-order valence-electron chi connectivity index (χ0n) is 20.6. The van der Waals surface area contributed by atoms with Crippen LogP contribution in [0.4, 0.5) is 0 Å². The van der Waals surface area contributed by atoms with Gasteiger partial charge < -0.3 is 11.5 Å². The van der Waals surface area contributed by atoms with Crippen molar-refractivity contribution in [1.29, 1.82) is 0 Å². The van der Waals surface area contributed by atoms with Gasteiger partial charge in [-0.15, -0.1) is 13.2 Å². The molecule has 0 unspecified atom stereocenters. The van der Waals surface area contributed by atoms with Gasteiger partial charge in [-0.25, -0.2) is 0 Å². The van der Waals surface area contributed by atoms with E-state index in [1.54, 1.807) is 0 Å². The molecule has 4 rings (SSSR count). The van der Waals surface area contributed by atoms with E-state index in [9.17, 15) is 9.59 Å². The third-order valence-corrected chi connectivity index (χ3v) is 5.37. The molecular weight excluding hydrogens is 444 g/mol. The largest absolute Gasteiger partial charge is 0.330 e. The molecule has 0 spiro atoms. The summed E-state index contributed by atoms with van der Waals surface area (Å²) in [6.45, 7) is 7.26. The molecule has 0 fully saturated rings. The minimum Gasteiger partial charge on any atom is -0.330 e. The Morgan fingerprint density at radius 3 is 1.03 bits per heavy atom. The predicted octanol–water partition coefficient (Wildman–Crippen LogP) is 5.64. The fourth-order valence-corrected chi connectivity index (χ4v) is 3.49. The number of carbonyl (C=O) groups excluding carboxylic acids is 2. The second-order valence-corrected chi connectivity index (χ2v) is 7.86. The van der Waals surface area contributed by atoms with Crippen LogP contribution < -0.4 is 11.5 Å². The molecule has 0 atom stereocenters. The summed E-state index contributed by atoms with van der Waals surface area (Å²) in [6.07, 6.45) is 1.69. The van der Waals surface area contributed by atoms with Crippen molar-refractivity contribution >= 4 is 11.6 Å². The van der Waals surface area contributed by atoms with Gasteiger partial charge >= 0.3 is 0 Å². The van der Waals surface area contributed by atoms with Crippen LogP contribution in [0.5, 0.6) is 0 Å². The van der Waals surface area contributed by atoms with Gasteiger partial charge in [0.25, 0.3) is 0 Å².